The van der Waals surface area contributed by atoms with Gasteiger partial charge in [0.25, 0.3) is 5.91 Å². The number of thiophene rings is 1. The van der Waals surface area contributed by atoms with Crippen LogP contribution in [0.15, 0.2) is 17.5 Å². The number of nitrogens with one attached hydrogen (secondary N) is 2. The van der Waals surface area contributed by atoms with Gasteiger partial charge in [-0.05, 0) is 30.2 Å². The fourth-order valence-electron chi connectivity index (χ4n) is 2.87. The van der Waals surface area contributed by atoms with Gasteiger partial charge in [-0.1, -0.05) is 45.6 Å². The minimum Gasteiger partial charge on any atom is -0.352 e. The molecule has 2 N–H and O–H groups in total. The van der Waals surface area contributed by atoms with Gasteiger partial charge in [0.15, 0.2) is 0 Å². The number of hydrogen-bond donors (Lipinski definition) is 2. The predicted molar refractivity (Wildman–Crippen MR) is 90.0 cm³/mol. The number of hydrogen-bond acceptors (Lipinski definition) is 3. The van der Waals surface area contributed by atoms with Crippen LogP contribution in [0.4, 0.5) is 0 Å². The average molecular weight is 322 g/mol. The van der Waals surface area contributed by atoms with Gasteiger partial charge < -0.3 is 10.6 Å². The first-order valence-electron chi connectivity index (χ1n) is 8.22. The Hall–Kier alpha value is -1.36. The van der Waals surface area contributed by atoms with Gasteiger partial charge >= 0.3 is 0 Å². The van der Waals surface area contributed by atoms with Gasteiger partial charge in [0.05, 0.1) is 4.88 Å². The van der Waals surface area contributed by atoms with Gasteiger partial charge in [-0.25, -0.2) is 0 Å². The summed E-state index contributed by atoms with van der Waals surface area (Å²) in [5, 5.41) is 7.89. The van der Waals surface area contributed by atoms with Crippen molar-refractivity contribution in [1.82, 2.24) is 10.6 Å². The highest BCUT2D eigenvalue weighted by atomic mass is 32.1. The van der Waals surface area contributed by atoms with Crippen LogP contribution in [0, 0.1) is 5.92 Å². The molecule has 1 saturated carbocycles. The van der Waals surface area contributed by atoms with E-state index in [1.165, 1.54) is 37.0 Å². The van der Waals surface area contributed by atoms with Crippen LogP contribution in [-0.2, 0) is 4.79 Å². The predicted octanol–water partition coefficient (Wildman–Crippen LogP) is 3.34. The molecule has 1 heterocycles. The molecule has 4 nitrogen and oxygen atoms in total. The van der Waals surface area contributed by atoms with Crippen LogP contribution in [0.1, 0.15) is 62.0 Å². The van der Waals surface area contributed by atoms with Crippen LogP contribution < -0.4 is 10.6 Å². The lowest BCUT2D eigenvalue weighted by molar-refractivity contribution is -0.124. The van der Waals surface area contributed by atoms with E-state index in [1.807, 2.05) is 25.3 Å². The molecule has 2 amide bonds. The van der Waals surface area contributed by atoms with E-state index in [9.17, 15) is 9.59 Å². The molecule has 22 heavy (non-hydrogen) atoms. The quantitative estimate of drug-likeness (QED) is 0.817. The second-order valence-corrected chi connectivity index (χ2v) is 7.32. The van der Waals surface area contributed by atoms with Crippen LogP contribution in [-0.4, -0.2) is 23.9 Å². The summed E-state index contributed by atoms with van der Waals surface area (Å²) in [6.45, 7) is 3.93. The number of rotatable bonds is 5. The van der Waals surface area contributed by atoms with Crippen molar-refractivity contribution < 1.29 is 9.59 Å². The topological polar surface area (TPSA) is 58.2 Å². The molecule has 0 spiro atoms. The van der Waals surface area contributed by atoms with Crippen molar-refractivity contribution in [3.63, 3.8) is 0 Å². The van der Waals surface area contributed by atoms with Crippen LogP contribution >= 0.6 is 11.3 Å². The summed E-state index contributed by atoms with van der Waals surface area (Å²) >= 11 is 1.39. The van der Waals surface area contributed by atoms with E-state index in [-0.39, 0.29) is 23.8 Å². The maximum absolute atomic E-state index is 12.5. The Labute approximate surface area is 136 Å². The zero-order valence-corrected chi connectivity index (χ0v) is 14.2. The molecular weight excluding hydrogens is 296 g/mol. The molecule has 2 rings (SSSR count). The first kappa shape index (κ1) is 17.0. The second kappa shape index (κ2) is 8.32. The van der Waals surface area contributed by atoms with E-state index in [2.05, 4.69) is 10.6 Å². The lowest BCUT2D eigenvalue weighted by atomic mass is 10.0. The Balaban J connectivity index is 1.94. The van der Waals surface area contributed by atoms with Crippen LogP contribution in [0.25, 0.3) is 0 Å². The summed E-state index contributed by atoms with van der Waals surface area (Å²) in [7, 11) is 0. The van der Waals surface area contributed by atoms with E-state index >= 15 is 0 Å². The molecule has 0 aliphatic heterocycles. The Morgan fingerprint density at radius 2 is 1.86 bits per heavy atom. The molecule has 1 aliphatic carbocycles. The van der Waals surface area contributed by atoms with E-state index in [1.54, 1.807) is 6.07 Å². The third-order valence-electron chi connectivity index (χ3n) is 4.18. The van der Waals surface area contributed by atoms with Crippen molar-refractivity contribution in [2.75, 3.05) is 0 Å². The van der Waals surface area contributed by atoms with Crippen LogP contribution in [0.3, 0.4) is 0 Å². The van der Waals surface area contributed by atoms with Crippen LogP contribution in [0.5, 0.6) is 0 Å². The molecule has 0 radical (unpaired) electrons. The third-order valence-corrected chi connectivity index (χ3v) is 5.05. The summed E-state index contributed by atoms with van der Waals surface area (Å²) in [4.78, 5) is 25.4. The highest BCUT2D eigenvalue weighted by Gasteiger charge is 2.27. The summed E-state index contributed by atoms with van der Waals surface area (Å²) < 4.78 is 0. The molecule has 0 unspecified atom stereocenters. The summed E-state index contributed by atoms with van der Waals surface area (Å²) in [5.41, 5.74) is 0. The summed E-state index contributed by atoms with van der Waals surface area (Å²) in [6.07, 6.45) is 6.98. The maximum atomic E-state index is 12.5. The van der Waals surface area contributed by atoms with Gasteiger partial charge in [-0.3, -0.25) is 9.59 Å². The van der Waals surface area contributed by atoms with Gasteiger partial charge in [0.1, 0.15) is 6.04 Å². The lowest BCUT2D eigenvalue weighted by Crippen LogP contribution is -2.52. The van der Waals surface area contributed by atoms with Gasteiger partial charge in [-0.2, -0.15) is 0 Å². The number of carbonyl (C=O) groups is 2. The van der Waals surface area contributed by atoms with Crippen molar-refractivity contribution in [1.29, 1.82) is 0 Å². The Kier molecular flexibility index (Phi) is 6.43. The molecule has 1 aromatic rings. The molecule has 0 aromatic carbocycles. The third kappa shape index (κ3) is 4.83. The fraction of sp³-hybridized carbons (Fsp3) is 0.647. The fourth-order valence-corrected chi connectivity index (χ4v) is 3.50. The Bertz CT molecular complexity index is 477. The van der Waals surface area contributed by atoms with E-state index in [4.69, 9.17) is 0 Å². The molecule has 0 bridgehead atoms. The van der Waals surface area contributed by atoms with E-state index < -0.39 is 6.04 Å². The van der Waals surface area contributed by atoms with Crippen molar-refractivity contribution in [2.24, 2.45) is 5.92 Å². The Morgan fingerprint density at radius 1 is 1.18 bits per heavy atom. The van der Waals surface area contributed by atoms with E-state index in [0.717, 1.165) is 12.8 Å². The first-order chi connectivity index (χ1) is 10.6. The monoisotopic (exact) mass is 322 g/mol. The normalized spacial score (nSPS) is 17.8. The average Bonchev–Trinajstić information content (AvgIpc) is 2.90. The highest BCUT2D eigenvalue weighted by Crippen LogP contribution is 2.18. The van der Waals surface area contributed by atoms with E-state index in [0.29, 0.717) is 4.88 Å². The number of amides is 2. The van der Waals surface area contributed by atoms with Crippen molar-refractivity contribution in [3.05, 3.63) is 22.4 Å². The minimum atomic E-state index is -0.474. The van der Waals surface area contributed by atoms with Gasteiger partial charge in [0, 0.05) is 6.04 Å². The smallest absolute Gasteiger partial charge is 0.262 e. The van der Waals surface area contributed by atoms with Crippen molar-refractivity contribution in [3.8, 4) is 0 Å². The van der Waals surface area contributed by atoms with Crippen molar-refractivity contribution >= 4 is 23.2 Å². The molecule has 1 aromatic heterocycles. The van der Waals surface area contributed by atoms with Gasteiger partial charge in [0.2, 0.25) is 5.91 Å². The largest absolute Gasteiger partial charge is 0.352 e. The molecule has 5 heteroatoms. The van der Waals surface area contributed by atoms with Crippen LogP contribution in [0.2, 0.25) is 0 Å². The van der Waals surface area contributed by atoms with Gasteiger partial charge in [-0.15, -0.1) is 11.3 Å². The molecule has 1 aliphatic rings. The molecule has 1 fully saturated rings. The zero-order valence-electron chi connectivity index (χ0n) is 13.4. The maximum Gasteiger partial charge on any atom is 0.262 e. The lowest BCUT2D eigenvalue weighted by Gasteiger charge is -2.25. The zero-order chi connectivity index (χ0) is 15.9. The second-order valence-electron chi connectivity index (χ2n) is 6.37. The first-order valence-corrected chi connectivity index (χ1v) is 9.10. The summed E-state index contributed by atoms with van der Waals surface area (Å²) in [6, 6.07) is 3.41. The van der Waals surface area contributed by atoms with Crippen molar-refractivity contribution in [2.45, 2.75) is 64.5 Å². The molecular formula is C17H26N2O2S. The minimum absolute atomic E-state index is 0.0493. The molecule has 0 saturated heterocycles. The number of carbonyl (C=O) groups excluding carboxylic acids is 2. The molecule has 122 valence electrons. The highest BCUT2D eigenvalue weighted by molar-refractivity contribution is 7.12. The molecule has 1 atom stereocenters. The Morgan fingerprint density at radius 3 is 2.41 bits per heavy atom. The SMILES string of the molecule is CC(C)[C@@H](NC(=O)c1cccs1)C(=O)NC1CCCCCC1. The standard InChI is InChI=1S/C17H26N2O2S/c1-12(2)15(19-16(20)14-10-7-11-22-14)17(21)18-13-8-5-3-4-6-9-13/h7,10-13,15H,3-6,8-9H2,1-2H3,(H,18,21)(H,19,20)/t15-/m1/s1. The summed E-state index contributed by atoms with van der Waals surface area (Å²) in [5.74, 6) is -0.147.